The number of carbonyl (C=O) groups excluding carboxylic acids is 2. The smallest absolute Gasteiger partial charge is 0.240 e. The third-order valence-electron chi connectivity index (χ3n) is 4.55. The fourth-order valence-electron chi connectivity index (χ4n) is 3.27. The van der Waals surface area contributed by atoms with Gasteiger partial charge in [0.05, 0.1) is 12.7 Å². The molecule has 3 rings (SSSR count). The lowest BCUT2D eigenvalue weighted by molar-refractivity contribution is -0.137. The SMILES string of the molecule is NC(=O)C1CC(Oc2cccnc2)CN1C(=O)CCCc1ccccc1. The highest BCUT2D eigenvalue weighted by molar-refractivity contribution is 5.87. The number of hydrogen-bond acceptors (Lipinski definition) is 4. The molecule has 1 fully saturated rings. The summed E-state index contributed by atoms with van der Waals surface area (Å²) in [7, 11) is 0. The van der Waals surface area contributed by atoms with Crippen LogP contribution in [0.2, 0.25) is 0 Å². The molecule has 0 saturated carbocycles. The number of primary amides is 1. The highest BCUT2D eigenvalue weighted by atomic mass is 16.5. The van der Waals surface area contributed by atoms with Crippen LogP contribution in [-0.4, -0.2) is 40.4 Å². The van der Waals surface area contributed by atoms with Crippen molar-refractivity contribution in [2.75, 3.05) is 6.54 Å². The van der Waals surface area contributed by atoms with E-state index >= 15 is 0 Å². The minimum Gasteiger partial charge on any atom is -0.487 e. The maximum absolute atomic E-state index is 12.6. The van der Waals surface area contributed by atoms with Crippen LogP contribution in [0.25, 0.3) is 0 Å². The Bertz CT molecular complexity index is 736. The molecular weight excluding hydrogens is 330 g/mol. The fraction of sp³-hybridized carbons (Fsp3) is 0.350. The number of nitrogens with two attached hydrogens (primary N) is 1. The first-order valence-electron chi connectivity index (χ1n) is 8.83. The van der Waals surface area contributed by atoms with Crippen molar-refractivity contribution < 1.29 is 14.3 Å². The van der Waals surface area contributed by atoms with Crippen molar-refractivity contribution in [1.29, 1.82) is 0 Å². The Balaban J connectivity index is 1.55. The first-order chi connectivity index (χ1) is 12.6. The zero-order valence-corrected chi connectivity index (χ0v) is 14.6. The van der Waals surface area contributed by atoms with Crippen LogP contribution < -0.4 is 10.5 Å². The highest BCUT2D eigenvalue weighted by Crippen LogP contribution is 2.23. The van der Waals surface area contributed by atoms with Gasteiger partial charge in [-0.15, -0.1) is 0 Å². The summed E-state index contributed by atoms with van der Waals surface area (Å²) in [6, 6.07) is 13.0. The molecule has 6 heteroatoms. The molecule has 1 aliphatic heterocycles. The number of amides is 2. The molecule has 0 aliphatic carbocycles. The molecule has 2 heterocycles. The van der Waals surface area contributed by atoms with E-state index in [4.69, 9.17) is 10.5 Å². The van der Waals surface area contributed by atoms with Gasteiger partial charge in [0.15, 0.2) is 0 Å². The first-order valence-corrected chi connectivity index (χ1v) is 8.83. The summed E-state index contributed by atoms with van der Waals surface area (Å²) in [5.41, 5.74) is 6.70. The summed E-state index contributed by atoms with van der Waals surface area (Å²) in [5, 5.41) is 0. The van der Waals surface area contributed by atoms with Gasteiger partial charge in [-0.3, -0.25) is 14.6 Å². The second-order valence-corrected chi connectivity index (χ2v) is 6.47. The van der Waals surface area contributed by atoms with Crippen molar-refractivity contribution in [3.05, 3.63) is 60.4 Å². The first kappa shape index (κ1) is 17.9. The molecular formula is C20H23N3O3. The van der Waals surface area contributed by atoms with Crippen molar-refractivity contribution in [1.82, 2.24) is 9.88 Å². The third-order valence-corrected chi connectivity index (χ3v) is 4.55. The standard InChI is InChI=1S/C20H23N3O3/c21-20(25)18-12-17(26-16-9-5-11-22-13-16)14-23(18)19(24)10-4-8-15-6-2-1-3-7-15/h1-3,5-7,9,11,13,17-18H,4,8,10,12,14H2,(H2,21,25). The number of rotatable bonds is 7. The summed E-state index contributed by atoms with van der Waals surface area (Å²) in [4.78, 5) is 29.9. The zero-order chi connectivity index (χ0) is 18.4. The molecule has 26 heavy (non-hydrogen) atoms. The van der Waals surface area contributed by atoms with Gasteiger partial charge in [-0.2, -0.15) is 0 Å². The van der Waals surface area contributed by atoms with E-state index in [-0.39, 0.29) is 12.0 Å². The van der Waals surface area contributed by atoms with Gasteiger partial charge in [-0.25, -0.2) is 0 Å². The van der Waals surface area contributed by atoms with Crippen molar-refractivity contribution in [3.8, 4) is 5.75 Å². The summed E-state index contributed by atoms with van der Waals surface area (Å²) in [5.74, 6) is 0.0832. The van der Waals surface area contributed by atoms with E-state index in [1.807, 2.05) is 30.3 Å². The second kappa shape index (κ2) is 8.47. The highest BCUT2D eigenvalue weighted by Gasteiger charge is 2.39. The van der Waals surface area contributed by atoms with Gasteiger partial charge in [0, 0.05) is 19.0 Å². The van der Waals surface area contributed by atoms with Gasteiger partial charge in [0.2, 0.25) is 11.8 Å². The topological polar surface area (TPSA) is 85.5 Å². The number of hydrogen-bond donors (Lipinski definition) is 1. The minimum atomic E-state index is -0.610. The van der Waals surface area contributed by atoms with E-state index in [1.165, 1.54) is 5.56 Å². The van der Waals surface area contributed by atoms with Crippen LogP contribution in [0, 0.1) is 0 Å². The lowest BCUT2D eigenvalue weighted by Crippen LogP contribution is -2.43. The summed E-state index contributed by atoms with van der Waals surface area (Å²) in [6.07, 6.45) is 5.39. The van der Waals surface area contributed by atoms with Crippen molar-refractivity contribution in [3.63, 3.8) is 0 Å². The molecule has 1 aromatic heterocycles. The average molecular weight is 353 g/mol. The van der Waals surface area contributed by atoms with E-state index < -0.39 is 11.9 Å². The Morgan fingerprint density at radius 1 is 1.19 bits per heavy atom. The third kappa shape index (κ3) is 4.59. The predicted octanol–water partition coefficient (Wildman–Crippen LogP) is 1.94. The van der Waals surface area contributed by atoms with Crippen LogP contribution >= 0.6 is 0 Å². The molecule has 0 bridgehead atoms. The van der Waals surface area contributed by atoms with Gasteiger partial charge >= 0.3 is 0 Å². The number of aryl methyl sites for hydroxylation is 1. The largest absolute Gasteiger partial charge is 0.487 e. The van der Waals surface area contributed by atoms with Crippen LogP contribution in [0.5, 0.6) is 5.75 Å². The molecule has 2 N–H and O–H groups in total. The van der Waals surface area contributed by atoms with Gasteiger partial charge in [-0.05, 0) is 30.5 Å². The van der Waals surface area contributed by atoms with E-state index in [9.17, 15) is 9.59 Å². The Hall–Kier alpha value is -2.89. The van der Waals surface area contributed by atoms with E-state index in [0.29, 0.717) is 25.1 Å². The average Bonchev–Trinajstić information content (AvgIpc) is 3.08. The second-order valence-electron chi connectivity index (χ2n) is 6.47. The molecule has 1 saturated heterocycles. The van der Waals surface area contributed by atoms with Gasteiger partial charge in [0.1, 0.15) is 17.9 Å². The Morgan fingerprint density at radius 3 is 2.69 bits per heavy atom. The molecule has 6 nitrogen and oxygen atoms in total. The van der Waals surface area contributed by atoms with Crippen LogP contribution in [0.4, 0.5) is 0 Å². The predicted molar refractivity (Wildman–Crippen MR) is 97.3 cm³/mol. The van der Waals surface area contributed by atoms with E-state index in [2.05, 4.69) is 4.98 Å². The molecule has 1 aliphatic rings. The maximum atomic E-state index is 12.6. The summed E-state index contributed by atoms with van der Waals surface area (Å²) in [6.45, 7) is 0.368. The lowest BCUT2D eigenvalue weighted by Gasteiger charge is -2.21. The number of likely N-dealkylation sites (tertiary alicyclic amines) is 1. The molecule has 2 aromatic rings. The number of pyridine rings is 1. The number of ether oxygens (including phenoxy) is 1. The Morgan fingerprint density at radius 2 is 2.00 bits per heavy atom. The molecule has 136 valence electrons. The fourth-order valence-corrected chi connectivity index (χ4v) is 3.27. The van der Waals surface area contributed by atoms with Crippen molar-refractivity contribution in [2.45, 2.75) is 37.8 Å². The molecule has 2 atom stereocenters. The number of aromatic nitrogens is 1. The van der Waals surface area contributed by atoms with Gasteiger partial charge in [-0.1, -0.05) is 30.3 Å². The lowest BCUT2D eigenvalue weighted by atomic mass is 10.1. The number of carbonyl (C=O) groups is 2. The molecule has 0 spiro atoms. The molecule has 0 radical (unpaired) electrons. The van der Waals surface area contributed by atoms with Crippen LogP contribution in [0.15, 0.2) is 54.9 Å². The quantitative estimate of drug-likeness (QED) is 0.824. The van der Waals surface area contributed by atoms with E-state index in [1.54, 1.807) is 29.4 Å². The van der Waals surface area contributed by atoms with Gasteiger partial charge in [0.25, 0.3) is 0 Å². The van der Waals surface area contributed by atoms with Crippen molar-refractivity contribution in [2.24, 2.45) is 5.73 Å². The van der Waals surface area contributed by atoms with Crippen molar-refractivity contribution >= 4 is 11.8 Å². The monoisotopic (exact) mass is 353 g/mol. The van der Waals surface area contributed by atoms with Gasteiger partial charge < -0.3 is 15.4 Å². The minimum absolute atomic E-state index is 0.0537. The maximum Gasteiger partial charge on any atom is 0.240 e. The molecule has 1 aromatic carbocycles. The molecule has 2 unspecified atom stereocenters. The van der Waals surface area contributed by atoms with Crippen LogP contribution in [-0.2, 0) is 16.0 Å². The summed E-state index contributed by atoms with van der Waals surface area (Å²) < 4.78 is 5.85. The molecule has 2 amide bonds. The van der Waals surface area contributed by atoms with Crippen LogP contribution in [0.1, 0.15) is 24.8 Å². The summed E-state index contributed by atoms with van der Waals surface area (Å²) >= 11 is 0. The van der Waals surface area contributed by atoms with Crippen LogP contribution in [0.3, 0.4) is 0 Å². The van der Waals surface area contributed by atoms with E-state index in [0.717, 1.165) is 12.8 Å². The Labute approximate surface area is 153 Å². The zero-order valence-electron chi connectivity index (χ0n) is 14.6. The number of benzene rings is 1. The Kier molecular flexibility index (Phi) is 5.84. The normalized spacial score (nSPS) is 19.3. The number of nitrogens with zero attached hydrogens (tertiary/aromatic N) is 2.